The number of hydrogen-bond acceptors (Lipinski definition) is 5. The zero-order valence-electron chi connectivity index (χ0n) is 10.1. The van der Waals surface area contributed by atoms with Crippen LogP contribution >= 0.6 is 0 Å². The summed E-state index contributed by atoms with van der Waals surface area (Å²) in [5.41, 5.74) is 5.52. The maximum absolute atomic E-state index is 12.0. The van der Waals surface area contributed by atoms with E-state index in [2.05, 4.69) is 9.88 Å². The molecule has 0 bridgehead atoms. The Kier molecular flexibility index (Phi) is 4.08. The number of nitrogens with two attached hydrogens (primary N) is 1. The van der Waals surface area contributed by atoms with Gasteiger partial charge in [0.2, 0.25) is 10.0 Å². The topological polar surface area (TPSA) is 114 Å². The number of nitrogens with zero attached hydrogens (tertiary/aromatic N) is 1. The van der Waals surface area contributed by atoms with Crippen LogP contribution in [-0.4, -0.2) is 44.0 Å². The molecule has 2 fully saturated rings. The van der Waals surface area contributed by atoms with Crippen molar-refractivity contribution in [3.05, 3.63) is 0 Å². The third-order valence-electron chi connectivity index (χ3n) is 3.26. The highest BCUT2D eigenvalue weighted by molar-refractivity contribution is 7.89. The van der Waals surface area contributed by atoms with Gasteiger partial charge in [0.25, 0.3) is 0 Å². The molecule has 2 rings (SSSR count). The number of hydrogen-bond donors (Lipinski definition) is 3. The number of oxime groups is 1. The van der Waals surface area contributed by atoms with Crippen LogP contribution in [0.3, 0.4) is 0 Å². The van der Waals surface area contributed by atoms with Crippen LogP contribution in [0.5, 0.6) is 0 Å². The molecule has 1 heterocycles. The minimum Gasteiger partial charge on any atom is -0.409 e. The van der Waals surface area contributed by atoms with Gasteiger partial charge >= 0.3 is 0 Å². The van der Waals surface area contributed by atoms with Crippen molar-refractivity contribution in [2.75, 3.05) is 12.4 Å². The Bertz CT molecular complexity index is 413. The average molecular weight is 277 g/mol. The van der Waals surface area contributed by atoms with Gasteiger partial charge in [-0.1, -0.05) is 5.16 Å². The van der Waals surface area contributed by atoms with E-state index in [1.807, 2.05) is 0 Å². The molecule has 1 saturated carbocycles. The van der Waals surface area contributed by atoms with Crippen molar-refractivity contribution in [3.63, 3.8) is 0 Å². The van der Waals surface area contributed by atoms with Gasteiger partial charge in [0.15, 0.2) is 5.84 Å². The first-order valence-corrected chi connectivity index (χ1v) is 7.76. The summed E-state index contributed by atoms with van der Waals surface area (Å²) in [7, 11) is -3.47. The average Bonchev–Trinajstić information content (AvgIpc) is 3.04. The normalized spacial score (nSPS) is 27.3. The van der Waals surface area contributed by atoms with Crippen molar-refractivity contribution in [1.82, 2.24) is 4.72 Å². The Morgan fingerprint density at radius 3 is 2.72 bits per heavy atom. The largest absolute Gasteiger partial charge is 0.409 e. The van der Waals surface area contributed by atoms with Gasteiger partial charge in [-0.05, 0) is 31.6 Å². The summed E-state index contributed by atoms with van der Waals surface area (Å²) in [5.74, 6) is 0.00292. The molecule has 0 aromatic rings. The molecule has 1 aliphatic heterocycles. The van der Waals surface area contributed by atoms with E-state index in [1.54, 1.807) is 0 Å². The summed E-state index contributed by atoms with van der Waals surface area (Å²) in [6.07, 6.45) is 3.20. The van der Waals surface area contributed by atoms with Gasteiger partial charge in [-0.3, -0.25) is 0 Å². The summed E-state index contributed by atoms with van der Waals surface area (Å²) in [4.78, 5) is 0. The molecule has 8 heteroatoms. The Morgan fingerprint density at radius 1 is 1.50 bits per heavy atom. The van der Waals surface area contributed by atoms with Crippen molar-refractivity contribution in [2.45, 2.75) is 37.8 Å². The van der Waals surface area contributed by atoms with E-state index >= 15 is 0 Å². The first-order valence-electron chi connectivity index (χ1n) is 6.11. The fourth-order valence-electron chi connectivity index (χ4n) is 2.15. The maximum Gasteiger partial charge on any atom is 0.214 e. The molecule has 0 amide bonds. The van der Waals surface area contributed by atoms with Crippen LogP contribution in [0.1, 0.15) is 25.7 Å². The molecule has 7 nitrogen and oxygen atoms in total. The second-order valence-electron chi connectivity index (χ2n) is 4.87. The molecule has 2 aliphatic rings. The first kappa shape index (κ1) is 13.6. The Balaban J connectivity index is 1.96. The zero-order chi connectivity index (χ0) is 13.2. The fourth-order valence-corrected chi connectivity index (χ4v) is 3.70. The van der Waals surface area contributed by atoms with Crippen molar-refractivity contribution in [3.8, 4) is 0 Å². The Hall–Kier alpha value is -0.860. The number of nitrogens with one attached hydrogen (secondary N) is 1. The number of sulfonamides is 1. The molecule has 2 unspecified atom stereocenters. The lowest BCUT2D eigenvalue weighted by molar-refractivity contribution is 0.127. The summed E-state index contributed by atoms with van der Waals surface area (Å²) < 4.78 is 31.7. The van der Waals surface area contributed by atoms with Gasteiger partial charge < -0.3 is 15.7 Å². The first-order chi connectivity index (χ1) is 8.52. The van der Waals surface area contributed by atoms with Crippen LogP contribution in [0, 0.1) is 5.92 Å². The molecule has 1 aliphatic carbocycles. The van der Waals surface area contributed by atoms with E-state index in [0.29, 0.717) is 6.61 Å². The molecule has 0 spiro atoms. The van der Waals surface area contributed by atoms with E-state index in [9.17, 15) is 8.42 Å². The van der Waals surface area contributed by atoms with Crippen LogP contribution < -0.4 is 10.5 Å². The third-order valence-corrected chi connectivity index (χ3v) is 4.69. The van der Waals surface area contributed by atoms with E-state index in [4.69, 9.17) is 15.7 Å². The highest BCUT2D eigenvalue weighted by Crippen LogP contribution is 2.33. The minimum absolute atomic E-state index is 0.0606. The second-order valence-corrected chi connectivity index (χ2v) is 6.67. The van der Waals surface area contributed by atoms with Gasteiger partial charge in [-0.15, -0.1) is 0 Å². The SMILES string of the molecule is NC(=NO)C(NS(=O)(=O)CC1CCCO1)C1CC1. The predicted octanol–water partition coefficient (Wildman–Crippen LogP) is -0.390. The van der Waals surface area contributed by atoms with Gasteiger partial charge in [0.05, 0.1) is 17.9 Å². The fraction of sp³-hybridized carbons (Fsp3) is 0.900. The Labute approximate surface area is 106 Å². The van der Waals surface area contributed by atoms with Gasteiger partial charge in [-0.2, -0.15) is 0 Å². The summed E-state index contributed by atoms with van der Waals surface area (Å²) in [6, 6.07) is -0.596. The Morgan fingerprint density at radius 2 is 2.22 bits per heavy atom. The second kappa shape index (κ2) is 5.41. The molecular weight excluding hydrogens is 258 g/mol. The van der Waals surface area contributed by atoms with Gasteiger partial charge in [-0.25, -0.2) is 13.1 Å². The number of rotatable bonds is 6. The maximum atomic E-state index is 12.0. The highest BCUT2D eigenvalue weighted by atomic mass is 32.2. The number of ether oxygens (including phenoxy) is 1. The van der Waals surface area contributed by atoms with Crippen molar-refractivity contribution >= 4 is 15.9 Å². The lowest BCUT2D eigenvalue weighted by Crippen LogP contribution is -2.47. The molecule has 0 radical (unpaired) electrons. The summed E-state index contributed by atoms with van der Waals surface area (Å²) in [6.45, 7) is 0.618. The smallest absolute Gasteiger partial charge is 0.214 e. The van der Waals surface area contributed by atoms with Crippen molar-refractivity contribution in [1.29, 1.82) is 0 Å². The van der Waals surface area contributed by atoms with Crippen molar-refractivity contribution in [2.24, 2.45) is 16.8 Å². The van der Waals surface area contributed by atoms with Crippen LogP contribution in [0.15, 0.2) is 5.16 Å². The van der Waals surface area contributed by atoms with Crippen LogP contribution in [0.2, 0.25) is 0 Å². The third kappa shape index (κ3) is 3.56. The zero-order valence-corrected chi connectivity index (χ0v) is 10.9. The number of amidine groups is 1. The molecule has 4 N–H and O–H groups in total. The molecule has 18 heavy (non-hydrogen) atoms. The molecule has 1 saturated heterocycles. The van der Waals surface area contributed by atoms with Crippen LogP contribution in [0.4, 0.5) is 0 Å². The predicted molar refractivity (Wildman–Crippen MR) is 65.8 cm³/mol. The molecule has 0 aromatic carbocycles. The molecular formula is C10H19N3O4S. The molecule has 2 atom stereocenters. The lowest BCUT2D eigenvalue weighted by atomic mass is 10.2. The summed E-state index contributed by atoms with van der Waals surface area (Å²) >= 11 is 0. The van der Waals surface area contributed by atoms with E-state index in [-0.39, 0.29) is 23.6 Å². The van der Waals surface area contributed by atoms with Crippen molar-refractivity contribution < 1.29 is 18.4 Å². The van der Waals surface area contributed by atoms with Crippen LogP contribution in [-0.2, 0) is 14.8 Å². The van der Waals surface area contributed by atoms with E-state index in [0.717, 1.165) is 25.7 Å². The minimum atomic E-state index is -3.47. The molecule has 104 valence electrons. The van der Waals surface area contributed by atoms with Gasteiger partial charge in [0, 0.05) is 6.61 Å². The lowest BCUT2D eigenvalue weighted by Gasteiger charge is -2.18. The summed E-state index contributed by atoms with van der Waals surface area (Å²) in [5, 5.41) is 11.6. The van der Waals surface area contributed by atoms with E-state index in [1.165, 1.54) is 0 Å². The van der Waals surface area contributed by atoms with Crippen LogP contribution in [0.25, 0.3) is 0 Å². The standard InChI is InChI=1S/C10H19N3O4S/c11-10(12-14)9(7-3-4-7)13-18(15,16)6-8-2-1-5-17-8/h7-9,13-14H,1-6H2,(H2,11,12). The van der Waals surface area contributed by atoms with Gasteiger partial charge in [0.1, 0.15) is 0 Å². The quantitative estimate of drug-likeness (QED) is 0.265. The highest BCUT2D eigenvalue weighted by Gasteiger charge is 2.37. The molecule has 0 aromatic heterocycles. The monoisotopic (exact) mass is 277 g/mol. The van der Waals surface area contributed by atoms with E-state index < -0.39 is 16.1 Å².